The summed E-state index contributed by atoms with van der Waals surface area (Å²) in [5.41, 5.74) is 24.2. The molecule has 6 aromatic carbocycles. The molecule has 2 aliphatic carbocycles. The Morgan fingerprint density at radius 3 is 1.02 bits per heavy atom. The van der Waals surface area contributed by atoms with Crippen LogP contribution in [0.4, 0.5) is 0 Å². The van der Waals surface area contributed by atoms with Crippen LogP contribution in [0.25, 0.3) is 42.4 Å². The minimum absolute atomic E-state index is 0.124. The van der Waals surface area contributed by atoms with Crippen LogP contribution in [0.15, 0.2) is 89.7 Å². The summed E-state index contributed by atoms with van der Waals surface area (Å²) in [6.07, 6.45) is 0. The molecule has 0 saturated heterocycles. The molecule has 2 heteroatoms. The second-order valence-corrected chi connectivity index (χ2v) is 16.1. The van der Waals surface area contributed by atoms with Crippen molar-refractivity contribution >= 4 is 31.5 Å². The summed E-state index contributed by atoms with van der Waals surface area (Å²) in [5, 5.41) is 1.62. The Hall–Kier alpha value is -4.79. The summed E-state index contributed by atoms with van der Waals surface area (Å²) < 4.78 is 2.12. The van der Waals surface area contributed by atoms with E-state index in [-0.39, 0.29) is 17.3 Å². The lowest BCUT2D eigenvalue weighted by atomic mass is 9.84. The first-order valence-electron chi connectivity index (χ1n) is 17.4. The number of rotatable bonds is 2. The second kappa shape index (κ2) is 10.6. The van der Waals surface area contributed by atoms with Crippen LogP contribution in [-0.2, 0) is 0 Å². The average molecular weight is 653 g/mol. The minimum Gasteiger partial charge on any atom is -0.289 e. The van der Waals surface area contributed by atoms with Gasteiger partial charge in [-0.15, -0.1) is 11.3 Å². The summed E-state index contributed by atoms with van der Waals surface area (Å²) in [6.45, 7) is 17.8. The van der Waals surface area contributed by atoms with Gasteiger partial charge < -0.3 is 0 Å². The molecule has 240 valence electrons. The van der Waals surface area contributed by atoms with E-state index in [1.54, 1.807) is 11.3 Å². The number of fused-ring (bicyclic) bond motifs is 8. The minimum atomic E-state index is 0.124. The zero-order chi connectivity index (χ0) is 34.0. The molecule has 0 fully saturated rings. The molecule has 0 atom stereocenters. The normalized spacial score (nSPS) is 13.6. The maximum atomic E-state index is 14.1. The molecule has 1 nitrogen and oxygen atoms in total. The van der Waals surface area contributed by atoms with Gasteiger partial charge in [0.2, 0.25) is 0 Å². The van der Waals surface area contributed by atoms with Crippen molar-refractivity contribution in [3.63, 3.8) is 0 Å². The van der Waals surface area contributed by atoms with Crippen LogP contribution < -0.4 is 5.43 Å². The number of hydrogen-bond acceptors (Lipinski definition) is 2. The molecule has 0 amide bonds. The topological polar surface area (TPSA) is 17.1 Å². The van der Waals surface area contributed by atoms with Crippen LogP contribution >= 0.6 is 11.3 Å². The van der Waals surface area contributed by atoms with Crippen molar-refractivity contribution in [1.82, 2.24) is 0 Å². The summed E-state index contributed by atoms with van der Waals surface area (Å²) in [5.74, 6) is 0.286. The standard InChI is InChI=1S/C47H40OS/c1-23-13-27(5)41-35(17-23)36-18-24(2)14-28(6)42(36)45(41)31-9-11-33-39(21-31)49-40-22-32(10-12-34(40)47(33)48)46-43-29(7)15-25(3)19-37(43)38-20-26(4)16-30(8)44(38)46/h9-22,45-46H,1-8H3. The fourth-order valence-corrected chi connectivity index (χ4v) is 10.7. The molecule has 0 bridgehead atoms. The van der Waals surface area contributed by atoms with Gasteiger partial charge in [0.1, 0.15) is 0 Å². The lowest BCUT2D eigenvalue weighted by Crippen LogP contribution is -2.07. The Kier molecular flexibility index (Phi) is 6.55. The largest absolute Gasteiger partial charge is 0.289 e. The SMILES string of the molecule is Cc1cc(C)c2c(c1)-c1cc(C)cc(C)c1C2c1ccc2c(=O)c3ccc(C4c5c(C)cc(C)cc5-c5cc(C)cc(C)c54)cc3sc2c1. The third-order valence-corrected chi connectivity index (χ3v) is 12.4. The Labute approximate surface area is 292 Å². The van der Waals surface area contributed by atoms with E-state index in [0.29, 0.717) is 0 Å². The molecule has 1 aromatic heterocycles. The van der Waals surface area contributed by atoms with Crippen LogP contribution in [0, 0.1) is 55.4 Å². The Balaban J connectivity index is 1.25. The fourth-order valence-electron chi connectivity index (χ4n) is 9.54. The zero-order valence-electron chi connectivity index (χ0n) is 29.6. The van der Waals surface area contributed by atoms with E-state index in [9.17, 15) is 4.79 Å². The Bertz CT molecular complexity index is 2370. The van der Waals surface area contributed by atoms with Crippen molar-refractivity contribution in [1.29, 1.82) is 0 Å². The van der Waals surface area contributed by atoms with Gasteiger partial charge in [0.25, 0.3) is 0 Å². The van der Waals surface area contributed by atoms with Crippen molar-refractivity contribution in [2.75, 3.05) is 0 Å². The lowest BCUT2D eigenvalue weighted by molar-refractivity contribution is 0.986. The monoisotopic (exact) mass is 652 g/mol. The molecule has 2 aliphatic rings. The van der Waals surface area contributed by atoms with Crippen molar-refractivity contribution in [3.8, 4) is 22.3 Å². The molecule has 0 radical (unpaired) electrons. The molecular formula is C47H40OS. The van der Waals surface area contributed by atoms with Crippen molar-refractivity contribution < 1.29 is 0 Å². The van der Waals surface area contributed by atoms with Crippen molar-refractivity contribution in [3.05, 3.63) is 173 Å². The van der Waals surface area contributed by atoms with E-state index in [2.05, 4.69) is 140 Å². The van der Waals surface area contributed by atoms with Gasteiger partial charge in [-0.3, -0.25) is 4.79 Å². The third kappa shape index (κ3) is 4.40. The maximum absolute atomic E-state index is 14.1. The number of aryl methyl sites for hydroxylation is 8. The highest BCUT2D eigenvalue weighted by molar-refractivity contribution is 7.24. The Morgan fingerprint density at radius 1 is 0.408 bits per heavy atom. The molecule has 1 heterocycles. The van der Waals surface area contributed by atoms with E-state index in [0.717, 1.165) is 20.2 Å². The maximum Gasteiger partial charge on any atom is 0.195 e. The van der Waals surface area contributed by atoms with Crippen LogP contribution in [0.1, 0.15) is 89.7 Å². The van der Waals surface area contributed by atoms with Crippen LogP contribution in [0.5, 0.6) is 0 Å². The van der Waals surface area contributed by atoms with Crippen molar-refractivity contribution in [2.45, 2.75) is 67.2 Å². The molecule has 0 N–H and O–H groups in total. The first kappa shape index (κ1) is 30.3. The molecule has 9 rings (SSSR count). The summed E-state index contributed by atoms with van der Waals surface area (Å²) in [4.78, 5) is 14.1. The van der Waals surface area contributed by atoms with Gasteiger partial charge in [-0.25, -0.2) is 0 Å². The van der Waals surface area contributed by atoms with Gasteiger partial charge >= 0.3 is 0 Å². The molecule has 0 unspecified atom stereocenters. The highest BCUT2D eigenvalue weighted by Crippen LogP contribution is 2.53. The average Bonchev–Trinajstić information content (AvgIpc) is 3.54. The highest BCUT2D eigenvalue weighted by atomic mass is 32.1. The van der Waals surface area contributed by atoms with E-state index in [1.165, 1.54) is 100 Å². The number of benzene rings is 6. The van der Waals surface area contributed by atoms with Gasteiger partial charge in [-0.2, -0.15) is 0 Å². The van der Waals surface area contributed by atoms with Gasteiger partial charge in [-0.05, 0) is 158 Å². The van der Waals surface area contributed by atoms with Crippen LogP contribution in [0.3, 0.4) is 0 Å². The van der Waals surface area contributed by atoms with Gasteiger partial charge in [0, 0.05) is 32.0 Å². The highest BCUT2D eigenvalue weighted by Gasteiger charge is 2.35. The predicted octanol–water partition coefficient (Wildman–Crippen LogP) is 12.2. The van der Waals surface area contributed by atoms with E-state index < -0.39 is 0 Å². The summed E-state index contributed by atoms with van der Waals surface area (Å²) in [6, 6.07) is 31.9. The summed E-state index contributed by atoms with van der Waals surface area (Å²) in [7, 11) is 0. The first-order valence-corrected chi connectivity index (χ1v) is 18.3. The van der Waals surface area contributed by atoms with Crippen LogP contribution in [-0.4, -0.2) is 0 Å². The summed E-state index contributed by atoms with van der Waals surface area (Å²) >= 11 is 1.76. The van der Waals surface area contributed by atoms with Crippen molar-refractivity contribution in [2.24, 2.45) is 0 Å². The van der Waals surface area contributed by atoms with Gasteiger partial charge in [0.15, 0.2) is 5.43 Å². The predicted molar refractivity (Wildman–Crippen MR) is 209 cm³/mol. The lowest BCUT2D eigenvalue weighted by Gasteiger charge is -2.20. The van der Waals surface area contributed by atoms with E-state index in [1.807, 2.05) is 0 Å². The van der Waals surface area contributed by atoms with Gasteiger partial charge in [-0.1, -0.05) is 82.9 Å². The molecule has 0 saturated carbocycles. The second-order valence-electron chi connectivity index (χ2n) is 15.0. The quantitative estimate of drug-likeness (QED) is 0.170. The third-order valence-electron chi connectivity index (χ3n) is 11.2. The van der Waals surface area contributed by atoms with Gasteiger partial charge in [0.05, 0.1) is 0 Å². The van der Waals surface area contributed by atoms with Crippen LogP contribution in [0.2, 0.25) is 0 Å². The first-order chi connectivity index (χ1) is 23.5. The number of hydrogen-bond donors (Lipinski definition) is 0. The van der Waals surface area contributed by atoms with E-state index in [4.69, 9.17) is 0 Å². The molecule has 49 heavy (non-hydrogen) atoms. The molecule has 0 spiro atoms. The fraction of sp³-hybridized carbons (Fsp3) is 0.213. The smallest absolute Gasteiger partial charge is 0.195 e. The molecular weight excluding hydrogens is 613 g/mol. The molecule has 0 aliphatic heterocycles. The molecule has 7 aromatic rings. The zero-order valence-corrected chi connectivity index (χ0v) is 30.4. The van der Waals surface area contributed by atoms with E-state index >= 15 is 0 Å². The Morgan fingerprint density at radius 2 is 0.714 bits per heavy atom.